The number of hydrogen-bond donors (Lipinski definition) is 2. The molecule has 1 saturated heterocycles. The fourth-order valence-corrected chi connectivity index (χ4v) is 6.06. The Bertz CT molecular complexity index is 924. The number of thiophene rings is 1. The first-order valence-electron chi connectivity index (χ1n) is 11.2. The molecule has 2 aromatic rings. The third kappa shape index (κ3) is 4.19. The van der Waals surface area contributed by atoms with E-state index >= 15 is 0 Å². The Kier molecular flexibility index (Phi) is 5.67. The van der Waals surface area contributed by atoms with E-state index in [-0.39, 0.29) is 30.7 Å². The van der Waals surface area contributed by atoms with Gasteiger partial charge in [0.25, 0.3) is 0 Å². The molecular formula is C24H30N2O4S. The van der Waals surface area contributed by atoms with Gasteiger partial charge in [-0.15, -0.1) is 11.3 Å². The largest absolute Gasteiger partial charge is 0.454 e. The lowest BCUT2D eigenvalue weighted by Crippen LogP contribution is -2.62. The summed E-state index contributed by atoms with van der Waals surface area (Å²) in [5.41, 5.74) is 0.169. The smallest absolute Gasteiger partial charge is 0.231 e. The number of benzene rings is 1. The van der Waals surface area contributed by atoms with Crippen LogP contribution in [0.5, 0.6) is 11.5 Å². The van der Waals surface area contributed by atoms with Crippen LogP contribution >= 0.6 is 11.3 Å². The van der Waals surface area contributed by atoms with Gasteiger partial charge in [-0.1, -0.05) is 25.0 Å². The van der Waals surface area contributed by atoms with Gasteiger partial charge in [-0.25, -0.2) is 0 Å². The molecule has 6 nitrogen and oxygen atoms in total. The topological polar surface area (TPSA) is 71.0 Å². The Balaban J connectivity index is 1.42. The molecule has 2 N–H and O–H groups in total. The van der Waals surface area contributed by atoms with Gasteiger partial charge >= 0.3 is 0 Å². The van der Waals surface area contributed by atoms with Crippen LogP contribution in [0, 0.1) is 5.92 Å². The minimum Gasteiger partial charge on any atom is -0.454 e. The molecule has 3 aliphatic rings. The monoisotopic (exact) mass is 442 g/mol. The van der Waals surface area contributed by atoms with E-state index in [0.29, 0.717) is 13.0 Å². The van der Waals surface area contributed by atoms with Crippen molar-refractivity contribution in [1.29, 1.82) is 0 Å². The van der Waals surface area contributed by atoms with Crippen molar-refractivity contribution in [2.45, 2.75) is 63.3 Å². The number of likely N-dealkylation sites (tertiary alicyclic amines) is 1. The van der Waals surface area contributed by atoms with Crippen molar-refractivity contribution in [3.8, 4) is 11.5 Å². The maximum atomic E-state index is 13.0. The first kappa shape index (κ1) is 20.8. The van der Waals surface area contributed by atoms with Gasteiger partial charge in [0.1, 0.15) is 0 Å². The van der Waals surface area contributed by atoms with Gasteiger partial charge in [-0.3, -0.25) is 9.69 Å². The fourth-order valence-electron chi connectivity index (χ4n) is 5.16. The number of hydrogen-bond acceptors (Lipinski definition) is 6. The van der Waals surface area contributed by atoms with Crippen LogP contribution in [0.2, 0.25) is 0 Å². The van der Waals surface area contributed by atoms with Gasteiger partial charge in [0, 0.05) is 23.9 Å². The van der Waals surface area contributed by atoms with Crippen LogP contribution in [-0.2, 0) is 11.3 Å². The molecule has 1 saturated carbocycles. The highest BCUT2D eigenvalue weighted by Gasteiger charge is 2.47. The standard InChI is InChI=1S/C24H30N2O4S/c1-24(28)10-11-26(14-16-8-9-18-19(13-16)30-15-29-18)21(20-7-4-12-31-20)22(24)25-23(27)17-5-2-3-6-17/h4,7-9,12-13,17,21-22,28H,2-3,5-6,10-11,14-15H2,1H3,(H,25,27). The highest BCUT2D eigenvalue weighted by atomic mass is 32.1. The van der Waals surface area contributed by atoms with E-state index in [0.717, 1.165) is 54.2 Å². The van der Waals surface area contributed by atoms with E-state index in [4.69, 9.17) is 9.47 Å². The highest BCUT2D eigenvalue weighted by molar-refractivity contribution is 7.10. The molecule has 1 aromatic carbocycles. The van der Waals surface area contributed by atoms with Crippen molar-refractivity contribution in [2.75, 3.05) is 13.3 Å². The normalized spacial score (nSPS) is 28.7. The number of piperidine rings is 1. The predicted octanol–water partition coefficient (Wildman–Crippen LogP) is 3.85. The SMILES string of the molecule is CC1(O)CCN(Cc2ccc3c(c2)OCO3)C(c2cccs2)C1NC(=O)C1CCCC1. The number of aliphatic hydroxyl groups is 1. The van der Waals surface area contributed by atoms with Gasteiger partial charge < -0.3 is 19.9 Å². The van der Waals surface area contributed by atoms with Gasteiger partial charge in [-0.2, -0.15) is 0 Å². The summed E-state index contributed by atoms with van der Waals surface area (Å²) >= 11 is 1.68. The number of rotatable bonds is 5. The van der Waals surface area contributed by atoms with E-state index in [2.05, 4.69) is 27.7 Å². The third-order valence-corrected chi connectivity index (χ3v) is 7.91. The molecule has 1 amide bonds. The van der Waals surface area contributed by atoms with Gasteiger partial charge in [0.2, 0.25) is 12.7 Å². The van der Waals surface area contributed by atoms with Crippen molar-refractivity contribution in [2.24, 2.45) is 5.92 Å². The van der Waals surface area contributed by atoms with E-state index in [1.165, 1.54) is 0 Å². The number of amides is 1. The lowest BCUT2D eigenvalue weighted by molar-refractivity contribution is -0.132. The predicted molar refractivity (Wildman–Crippen MR) is 119 cm³/mol. The second-order valence-electron chi connectivity index (χ2n) is 9.19. The van der Waals surface area contributed by atoms with Gasteiger partial charge in [-0.05, 0) is 55.3 Å². The Labute approximate surface area is 187 Å². The summed E-state index contributed by atoms with van der Waals surface area (Å²) in [4.78, 5) is 16.6. The molecule has 3 unspecified atom stereocenters. The molecule has 7 heteroatoms. The molecule has 0 radical (unpaired) electrons. The van der Waals surface area contributed by atoms with E-state index in [9.17, 15) is 9.90 Å². The third-order valence-electron chi connectivity index (χ3n) is 6.97. The van der Waals surface area contributed by atoms with Crippen molar-refractivity contribution in [3.05, 3.63) is 46.2 Å². The Morgan fingerprint density at radius 2 is 2.06 bits per heavy atom. The quantitative estimate of drug-likeness (QED) is 0.736. The van der Waals surface area contributed by atoms with E-state index in [1.807, 2.05) is 25.1 Å². The number of carbonyl (C=O) groups is 1. The van der Waals surface area contributed by atoms with Crippen molar-refractivity contribution in [1.82, 2.24) is 10.2 Å². The van der Waals surface area contributed by atoms with Crippen LogP contribution in [0.3, 0.4) is 0 Å². The second-order valence-corrected chi connectivity index (χ2v) is 10.2. The minimum absolute atomic E-state index is 0.0732. The van der Waals surface area contributed by atoms with E-state index < -0.39 is 5.60 Å². The Morgan fingerprint density at radius 3 is 2.84 bits per heavy atom. The first-order chi connectivity index (χ1) is 15.0. The second kappa shape index (κ2) is 8.45. The summed E-state index contributed by atoms with van der Waals surface area (Å²) < 4.78 is 11.0. The maximum Gasteiger partial charge on any atom is 0.231 e. The zero-order valence-electron chi connectivity index (χ0n) is 17.9. The van der Waals surface area contributed by atoms with Crippen molar-refractivity contribution in [3.63, 3.8) is 0 Å². The summed E-state index contributed by atoms with van der Waals surface area (Å²) in [5, 5.41) is 16.7. The summed E-state index contributed by atoms with van der Waals surface area (Å²) in [7, 11) is 0. The lowest BCUT2D eigenvalue weighted by atomic mass is 9.81. The van der Waals surface area contributed by atoms with Crippen LogP contribution in [0.1, 0.15) is 55.5 Å². The molecule has 166 valence electrons. The van der Waals surface area contributed by atoms with Crippen LogP contribution in [-0.4, -0.2) is 40.9 Å². The molecule has 2 aliphatic heterocycles. The average Bonchev–Trinajstić information content (AvgIpc) is 3.52. The highest BCUT2D eigenvalue weighted by Crippen LogP contribution is 2.41. The molecule has 3 heterocycles. The number of carbonyl (C=O) groups excluding carboxylic acids is 1. The van der Waals surface area contributed by atoms with Crippen LogP contribution in [0.4, 0.5) is 0 Å². The van der Waals surface area contributed by atoms with Gasteiger partial charge in [0.05, 0.1) is 17.7 Å². The molecule has 3 atom stereocenters. The summed E-state index contributed by atoms with van der Waals surface area (Å²) in [6.45, 7) is 3.59. The first-order valence-corrected chi connectivity index (χ1v) is 12.1. The molecule has 1 aromatic heterocycles. The Hall–Kier alpha value is -2.09. The average molecular weight is 443 g/mol. The zero-order valence-corrected chi connectivity index (χ0v) is 18.7. The summed E-state index contributed by atoms with van der Waals surface area (Å²) in [6, 6.07) is 9.76. The van der Waals surface area contributed by atoms with Gasteiger partial charge in [0.15, 0.2) is 11.5 Å². The fraction of sp³-hybridized carbons (Fsp3) is 0.542. The molecule has 0 bridgehead atoms. The molecule has 5 rings (SSSR count). The van der Waals surface area contributed by atoms with Crippen molar-refractivity contribution >= 4 is 17.2 Å². The zero-order chi connectivity index (χ0) is 21.4. The van der Waals surface area contributed by atoms with E-state index in [1.54, 1.807) is 11.3 Å². The van der Waals surface area contributed by atoms with Crippen LogP contribution < -0.4 is 14.8 Å². The molecule has 2 fully saturated rings. The van der Waals surface area contributed by atoms with Crippen LogP contribution in [0.15, 0.2) is 35.7 Å². The minimum atomic E-state index is -0.964. The molecule has 1 aliphatic carbocycles. The lowest BCUT2D eigenvalue weighted by Gasteiger charge is -2.49. The number of nitrogens with zero attached hydrogens (tertiary/aromatic N) is 1. The Morgan fingerprint density at radius 1 is 1.26 bits per heavy atom. The summed E-state index contributed by atoms with van der Waals surface area (Å²) in [6.07, 6.45) is 4.74. The number of fused-ring (bicyclic) bond motifs is 1. The van der Waals surface area contributed by atoms with Crippen LogP contribution in [0.25, 0.3) is 0 Å². The maximum absolute atomic E-state index is 13.0. The molecular weight excluding hydrogens is 412 g/mol. The number of nitrogens with one attached hydrogen (secondary N) is 1. The molecule has 0 spiro atoms. The van der Waals surface area contributed by atoms with Crippen molar-refractivity contribution < 1.29 is 19.4 Å². The summed E-state index contributed by atoms with van der Waals surface area (Å²) in [5.74, 6) is 1.72. The number of ether oxygens (including phenoxy) is 2. The molecule has 31 heavy (non-hydrogen) atoms.